The fourth-order valence-electron chi connectivity index (χ4n) is 1.99. The minimum Gasteiger partial charge on any atom is -0.328 e. The Kier molecular flexibility index (Phi) is 4.53. The van der Waals surface area contributed by atoms with Crippen LogP contribution in [-0.2, 0) is 6.54 Å². The SMILES string of the molecule is CCC(N)CCCn1cc(-c2ccccc2)cn1. The van der Waals surface area contributed by atoms with Gasteiger partial charge in [0, 0.05) is 24.3 Å². The van der Waals surface area contributed by atoms with Crippen molar-refractivity contribution in [3.8, 4) is 11.1 Å². The Morgan fingerprint density at radius 3 is 2.72 bits per heavy atom. The molecule has 96 valence electrons. The fraction of sp³-hybridized carbons (Fsp3) is 0.400. The molecule has 0 saturated heterocycles. The van der Waals surface area contributed by atoms with Crippen molar-refractivity contribution < 1.29 is 0 Å². The van der Waals surface area contributed by atoms with Crippen LogP contribution in [0, 0.1) is 0 Å². The molecule has 0 aliphatic carbocycles. The zero-order chi connectivity index (χ0) is 12.8. The molecule has 0 bridgehead atoms. The summed E-state index contributed by atoms with van der Waals surface area (Å²) in [5, 5.41) is 4.39. The van der Waals surface area contributed by atoms with Gasteiger partial charge in [0.1, 0.15) is 0 Å². The molecule has 0 amide bonds. The average molecular weight is 243 g/mol. The molecule has 0 radical (unpaired) electrons. The fourth-order valence-corrected chi connectivity index (χ4v) is 1.99. The van der Waals surface area contributed by atoms with E-state index in [1.807, 2.05) is 29.1 Å². The Labute approximate surface area is 109 Å². The first-order chi connectivity index (χ1) is 8.79. The lowest BCUT2D eigenvalue weighted by Crippen LogP contribution is -2.18. The second kappa shape index (κ2) is 6.36. The Morgan fingerprint density at radius 2 is 2.00 bits per heavy atom. The standard InChI is InChI=1S/C15H21N3/c1-2-15(16)9-6-10-18-12-14(11-17-18)13-7-4-3-5-8-13/h3-5,7-8,11-12,15H,2,6,9-10,16H2,1H3. The molecular formula is C15H21N3. The highest BCUT2D eigenvalue weighted by Crippen LogP contribution is 2.17. The van der Waals surface area contributed by atoms with Crippen molar-refractivity contribution in [2.75, 3.05) is 0 Å². The van der Waals surface area contributed by atoms with Crippen molar-refractivity contribution in [3.05, 3.63) is 42.7 Å². The molecule has 0 saturated carbocycles. The van der Waals surface area contributed by atoms with E-state index in [0.717, 1.165) is 25.8 Å². The molecule has 1 aromatic heterocycles. The molecule has 1 unspecified atom stereocenters. The second-order valence-electron chi connectivity index (χ2n) is 4.67. The van der Waals surface area contributed by atoms with E-state index in [4.69, 9.17) is 5.73 Å². The molecule has 1 aromatic carbocycles. The van der Waals surface area contributed by atoms with E-state index in [1.165, 1.54) is 11.1 Å². The smallest absolute Gasteiger partial charge is 0.0568 e. The van der Waals surface area contributed by atoms with Gasteiger partial charge in [-0.1, -0.05) is 37.3 Å². The zero-order valence-electron chi connectivity index (χ0n) is 10.9. The van der Waals surface area contributed by atoms with Gasteiger partial charge in [-0.15, -0.1) is 0 Å². The van der Waals surface area contributed by atoms with Crippen LogP contribution in [0.3, 0.4) is 0 Å². The maximum absolute atomic E-state index is 5.90. The summed E-state index contributed by atoms with van der Waals surface area (Å²) in [5.74, 6) is 0. The van der Waals surface area contributed by atoms with Gasteiger partial charge in [-0.05, 0) is 24.8 Å². The summed E-state index contributed by atoms with van der Waals surface area (Å²) >= 11 is 0. The van der Waals surface area contributed by atoms with Gasteiger partial charge in [0.05, 0.1) is 6.20 Å². The van der Waals surface area contributed by atoms with Crippen molar-refractivity contribution in [2.24, 2.45) is 5.73 Å². The minimum atomic E-state index is 0.328. The summed E-state index contributed by atoms with van der Waals surface area (Å²) in [6.07, 6.45) is 7.23. The van der Waals surface area contributed by atoms with Crippen LogP contribution in [0.1, 0.15) is 26.2 Å². The van der Waals surface area contributed by atoms with Crippen LogP contribution in [0.2, 0.25) is 0 Å². The number of hydrogen-bond donors (Lipinski definition) is 1. The van der Waals surface area contributed by atoms with Crippen LogP contribution >= 0.6 is 0 Å². The van der Waals surface area contributed by atoms with Crippen molar-refractivity contribution in [1.82, 2.24) is 9.78 Å². The van der Waals surface area contributed by atoms with Gasteiger partial charge < -0.3 is 5.73 Å². The highest BCUT2D eigenvalue weighted by molar-refractivity contribution is 5.61. The van der Waals surface area contributed by atoms with E-state index in [9.17, 15) is 0 Å². The molecule has 0 aliphatic heterocycles. The number of nitrogens with two attached hydrogens (primary N) is 1. The summed E-state index contributed by atoms with van der Waals surface area (Å²) in [6, 6.07) is 10.7. The third kappa shape index (κ3) is 3.44. The third-order valence-corrected chi connectivity index (χ3v) is 3.23. The summed E-state index contributed by atoms with van der Waals surface area (Å²) in [4.78, 5) is 0. The molecule has 1 heterocycles. The molecule has 1 atom stereocenters. The van der Waals surface area contributed by atoms with Gasteiger partial charge in [0.2, 0.25) is 0 Å². The summed E-state index contributed by atoms with van der Waals surface area (Å²) < 4.78 is 2.00. The van der Waals surface area contributed by atoms with Gasteiger partial charge in [-0.2, -0.15) is 5.10 Å². The maximum Gasteiger partial charge on any atom is 0.0568 e. The van der Waals surface area contributed by atoms with Crippen molar-refractivity contribution >= 4 is 0 Å². The molecule has 2 N–H and O–H groups in total. The number of rotatable bonds is 6. The first-order valence-electron chi connectivity index (χ1n) is 6.63. The zero-order valence-corrected chi connectivity index (χ0v) is 10.9. The van der Waals surface area contributed by atoms with Crippen LogP contribution < -0.4 is 5.73 Å². The van der Waals surface area contributed by atoms with E-state index in [-0.39, 0.29) is 0 Å². The monoisotopic (exact) mass is 243 g/mol. The highest BCUT2D eigenvalue weighted by atomic mass is 15.3. The quantitative estimate of drug-likeness (QED) is 0.847. The van der Waals surface area contributed by atoms with Gasteiger partial charge >= 0.3 is 0 Å². The van der Waals surface area contributed by atoms with Gasteiger partial charge in [0.25, 0.3) is 0 Å². The predicted molar refractivity (Wildman–Crippen MR) is 75.2 cm³/mol. The topological polar surface area (TPSA) is 43.8 Å². The Hall–Kier alpha value is -1.61. The molecule has 0 fully saturated rings. The summed E-state index contributed by atoms with van der Waals surface area (Å²) in [7, 11) is 0. The van der Waals surface area contributed by atoms with E-state index < -0.39 is 0 Å². The molecule has 0 spiro atoms. The van der Waals surface area contributed by atoms with E-state index in [1.54, 1.807) is 0 Å². The molecule has 3 nitrogen and oxygen atoms in total. The summed E-state index contributed by atoms with van der Waals surface area (Å²) in [6.45, 7) is 3.08. The molecular weight excluding hydrogens is 222 g/mol. The average Bonchev–Trinajstić information content (AvgIpc) is 2.88. The molecule has 2 rings (SSSR count). The number of aromatic nitrogens is 2. The van der Waals surface area contributed by atoms with Crippen molar-refractivity contribution in [3.63, 3.8) is 0 Å². The van der Waals surface area contributed by atoms with E-state index in [2.05, 4.69) is 30.4 Å². The summed E-state index contributed by atoms with van der Waals surface area (Å²) in [5.41, 5.74) is 8.30. The number of aryl methyl sites for hydroxylation is 1. The molecule has 3 heteroatoms. The Balaban J connectivity index is 1.91. The first kappa shape index (κ1) is 12.8. The lowest BCUT2D eigenvalue weighted by Gasteiger charge is -2.07. The Morgan fingerprint density at radius 1 is 1.22 bits per heavy atom. The van der Waals surface area contributed by atoms with Crippen LogP contribution in [0.15, 0.2) is 42.7 Å². The molecule has 2 aromatic rings. The minimum absolute atomic E-state index is 0.328. The van der Waals surface area contributed by atoms with Crippen molar-refractivity contribution in [1.29, 1.82) is 0 Å². The number of nitrogens with zero attached hydrogens (tertiary/aromatic N) is 2. The third-order valence-electron chi connectivity index (χ3n) is 3.23. The highest BCUT2D eigenvalue weighted by Gasteiger charge is 2.02. The number of hydrogen-bond acceptors (Lipinski definition) is 2. The second-order valence-corrected chi connectivity index (χ2v) is 4.67. The predicted octanol–water partition coefficient (Wildman–Crippen LogP) is 3.07. The molecule has 0 aliphatic rings. The van der Waals surface area contributed by atoms with Crippen LogP contribution in [0.5, 0.6) is 0 Å². The van der Waals surface area contributed by atoms with Crippen molar-refractivity contribution in [2.45, 2.75) is 38.8 Å². The maximum atomic E-state index is 5.90. The van der Waals surface area contributed by atoms with Gasteiger partial charge in [0.15, 0.2) is 0 Å². The Bertz CT molecular complexity index is 462. The molecule has 18 heavy (non-hydrogen) atoms. The first-order valence-corrected chi connectivity index (χ1v) is 6.63. The van der Waals surface area contributed by atoms with Gasteiger partial charge in [-0.25, -0.2) is 0 Å². The van der Waals surface area contributed by atoms with Crippen LogP contribution in [-0.4, -0.2) is 15.8 Å². The largest absolute Gasteiger partial charge is 0.328 e. The van der Waals surface area contributed by atoms with E-state index in [0.29, 0.717) is 6.04 Å². The lowest BCUT2D eigenvalue weighted by atomic mass is 10.1. The number of benzene rings is 1. The normalized spacial score (nSPS) is 12.6. The van der Waals surface area contributed by atoms with Crippen LogP contribution in [0.25, 0.3) is 11.1 Å². The van der Waals surface area contributed by atoms with E-state index >= 15 is 0 Å². The lowest BCUT2D eigenvalue weighted by molar-refractivity contribution is 0.501. The van der Waals surface area contributed by atoms with Crippen LogP contribution in [0.4, 0.5) is 0 Å². The van der Waals surface area contributed by atoms with Gasteiger partial charge in [-0.3, -0.25) is 4.68 Å².